The van der Waals surface area contributed by atoms with E-state index >= 15 is 0 Å². The Morgan fingerprint density at radius 2 is 1.77 bits per heavy atom. The molecule has 9 heteroatoms. The van der Waals surface area contributed by atoms with Gasteiger partial charge in [0, 0.05) is 23.5 Å². The van der Waals surface area contributed by atoms with Crippen LogP contribution in [0.4, 0.5) is 10.5 Å². The maximum Gasteiger partial charge on any atom is 0.325 e. The summed E-state index contributed by atoms with van der Waals surface area (Å²) in [6.07, 6.45) is 1.10. The molecule has 0 atom stereocenters. The zero-order chi connectivity index (χ0) is 22.4. The molecule has 2 amide bonds. The Balaban J connectivity index is 1.81. The van der Waals surface area contributed by atoms with Crippen LogP contribution in [-0.2, 0) is 27.7 Å². The summed E-state index contributed by atoms with van der Waals surface area (Å²) in [5, 5.41) is 2.83. The Bertz CT molecular complexity index is 969. The van der Waals surface area contributed by atoms with Gasteiger partial charge in [0.05, 0.1) is 13.4 Å². The molecule has 2 aromatic carbocycles. The van der Waals surface area contributed by atoms with Crippen LogP contribution in [-0.4, -0.2) is 27.8 Å². The fraction of sp³-hybridized carbons (Fsp3) is 0.381. The number of benzene rings is 2. The number of amides is 2. The van der Waals surface area contributed by atoms with Gasteiger partial charge < -0.3 is 10.1 Å². The van der Waals surface area contributed by atoms with Crippen molar-refractivity contribution in [3.63, 3.8) is 0 Å². The summed E-state index contributed by atoms with van der Waals surface area (Å²) in [5.41, 5.74) is 3.55. The molecule has 164 valence electrons. The van der Waals surface area contributed by atoms with Gasteiger partial charge in [-0.05, 0) is 46.7 Å². The number of carbonyl (C=O) groups is 1. The molecule has 30 heavy (non-hydrogen) atoms. The number of hydrogen-bond acceptors (Lipinski definition) is 5. The van der Waals surface area contributed by atoms with Gasteiger partial charge in [-0.3, -0.25) is 9.44 Å². The average molecular weight is 452 g/mol. The SMILES string of the molecule is COc1cc(C(C)(C)C)ccc1CNC(=O)NSCc1ccc(NS(C)(=O)=O)cc1. The molecule has 0 fully saturated rings. The normalized spacial score (nSPS) is 11.6. The molecule has 2 aromatic rings. The van der Waals surface area contributed by atoms with Gasteiger partial charge in [-0.25, -0.2) is 13.2 Å². The van der Waals surface area contributed by atoms with E-state index in [-0.39, 0.29) is 11.4 Å². The van der Waals surface area contributed by atoms with Crippen LogP contribution < -0.4 is 19.5 Å². The Morgan fingerprint density at radius 1 is 1.10 bits per heavy atom. The molecule has 3 N–H and O–H groups in total. The molecular weight excluding hydrogens is 422 g/mol. The number of rotatable bonds is 8. The van der Waals surface area contributed by atoms with Gasteiger partial charge in [-0.2, -0.15) is 0 Å². The number of hydrogen-bond donors (Lipinski definition) is 3. The second-order valence-corrected chi connectivity index (χ2v) is 10.5. The topological polar surface area (TPSA) is 96.5 Å². The Kier molecular flexibility index (Phi) is 8.03. The van der Waals surface area contributed by atoms with Crippen molar-refractivity contribution in [2.75, 3.05) is 18.1 Å². The zero-order valence-corrected chi connectivity index (χ0v) is 19.5. The monoisotopic (exact) mass is 451 g/mol. The molecule has 0 aliphatic heterocycles. The number of ether oxygens (including phenoxy) is 1. The van der Waals surface area contributed by atoms with E-state index in [4.69, 9.17) is 4.74 Å². The fourth-order valence-electron chi connectivity index (χ4n) is 2.64. The number of anilines is 1. The van der Waals surface area contributed by atoms with E-state index in [9.17, 15) is 13.2 Å². The van der Waals surface area contributed by atoms with Crippen LogP contribution in [0, 0.1) is 0 Å². The van der Waals surface area contributed by atoms with E-state index in [1.54, 1.807) is 19.2 Å². The van der Waals surface area contributed by atoms with E-state index in [2.05, 4.69) is 41.6 Å². The van der Waals surface area contributed by atoms with Crippen LogP contribution >= 0.6 is 11.9 Å². The van der Waals surface area contributed by atoms with Crippen LogP contribution in [0.25, 0.3) is 0 Å². The Hall–Kier alpha value is -2.39. The standard InChI is InChI=1S/C21H29N3O4S2/c1-21(2,3)17-9-8-16(19(12-17)28-4)13-22-20(25)23-29-14-15-6-10-18(11-7-15)24-30(5,26)27/h6-12,24H,13-14H2,1-5H3,(H2,22,23,25). The molecule has 7 nitrogen and oxygen atoms in total. The van der Waals surface area contributed by atoms with Crippen molar-refractivity contribution in [2.24, 2.45) is 0 Å². The van der Waals surface area contributed by atoms with Crippen molar-refractivity contribution in [2.45, 2.75) is 38.5 Å². The van der Waals surface area contributed by atoms with Crippen LogP contribution in [0.15, 0.2) is 42.5 Å². The van der Waals surface area contributed by atoms with Gasteiger partial charge in [0.2, 0.25) is 10.0 Å². The molecule has 0 bridgehead atoms. The third kappa shape index (κ3) is 7.79. The quantitative estimate of drug-likeness (QED) is 0.527. The first-order valence-electron chi connectivity index (χ1n) is 9.38. The van der Waals surface area contributed by atoms with Crippen molar-refractivity contribution in [3.8, 4) is 5.75 Å². The predicted molar refractivity (Wildman–Crippen MR) is 123 cm³/mol. The number of methoxy groups -OCH3 is 1. The lowest BCUT2D eigenvalue weighted by Crippen LogP contribution is -2.31. The molecule has 0 aliphatic carbocycles. The lowest BCUT2D eigenvalue weighted by Gasteiger charge is -2.21. The van der Waals surface area contributed by atoms with Gasteiger partial charge >= 0.3 is 6.03 Å². The highest BCUT2D eigenvalue weighted by atomic mass is 32.2. The first-order valence-corrected chi connectivity index (χ1v) is 12.3. The van der Waals surface area contributed by atoms with E-state index in [1.165, 1.54) is 17.5 Å². The molecule has 0 saturated carbocycles. The Morgan fingerprint density at radius 3 is 2.33 bits per heavy atom. The van der Waals surface area contributed by atoms with Crippen LogP contribution in [0.2, 0.25) is 0 Å². The summed E-state index contributed by atoms with van der Waals surface area (Å²) in [6.45, 7) is 6.77. The van der Waals surface area contributed by atoms with Crippen LogP contribution in [0.5, 0.6) is 5.75 Å². The van der Waals surface area contributed by atoms with Crippen molar-refractivity contribution < 1.29 is 17.9 Å². The smallest absolute Gasteiger partial charge is 0.325 e. The van der Waals surface area contributed by atoms with Crippen LogP contribution in [0.1, 0.15) is 37.5 Å². The molecule has 0 unspecified atom stereocenters. The summed E-state index contributed by atoms with van der Waals surface area (Å²) in [4.78, 5) is 12.1. The third-order valence-electron chi connectivity index (χ3n) is 4.25. The van der Waals surface area contributed by atoms with Crippen molar-refractivity contribution in [3.05, 3.63) is 59.2 Å². The van der Waals surface area contributed by atoms with Crippen molar-refractivity contribution in [1.82, 2.24) is 10.0 Å². The molecule has 0 aliphatic rings. The second-order valence-electron chi connectivity index (χ2n) is 7.92. The van der Waals surface area contributed by atoms with E-state index in [1.807, 2.05) is 24.3 Å². The maximum atomic E-state index is 12.1. The number of carbonyl (C=O) groups excluding carboxylic acids is 1. The summed E-state index contributed by atoms with van der Waals surface area (Å²) in [5.74, 6) is 1.30. The molecule has 0 radical (unpaired) electrons. The minimum absolute atomic E-state index is 0.0202. The highest BCUT2D eigenvalue weighted by Crippen LogP contribution is 2.28. The van der Waals surface area contributed by atoms with Gasteiger partial charge in [-0.15, -0.1) is 0 Å². The van der Waals surface area contributed by atoms with E-state index in [0.29, 0.717) is 18.0 Å². The minimum Gasteiger partial charge on any atom is -0.496 e. The first kappa shape index (κ1) is 23.9. The fourth-order valence-corrected chi connectivity index (χ4v) is 3.84. The van der Waals surface area contributed by atoms with Gasteiger partial charge in [0.25, 0.3) is 0 Å². The van der Waals surface area contributed by atoms with Gasteiger partial charge in [0.15, 0.2) is 0 Å². The van der Waals surface area contributed by atoms with E-state index < -0.39 is 10.0 Å². The number of sulfonamides is 1. The first-order chi connectivity index (χ1) is 14.0. The van der Waals surface area contributed by atoms with Gasteiger partial charge in [0.1, 0.15) is 5.75 Å². The summed E-state index contributed by atoms with van der Waals surface area (Å²) in [7, 11) is -1.67. The minimum atomic E-state index is -3.29. The second kappa shape index (κ2) is 10.1. The largest absolute Gasteiger partial charge is 0.496 e. The summed E-state index contributed by atoms with van der Waals surface area (Å²) in [6, 6.07) is 12.7. The lowest BCUT2D eigenvalue weighted by atomic mass is 9.86. The predicted octanol–water partition coefficient (Wildman–Crippen LogP) is 4.01. The van der Waals surface area contributed by atoms with E-state index in [0.717, 1.165) is 23.1 Å². The molecular formula is C21H29N3O4S2. The molecule has 2 rings (SSSR count). The molecule has 0 saturated heterocycles. The molecule has 0 heterocycles. The highest BCUT2D eigenvalue weighted by Gasteiger charge is 2.16. The van der Waals surface area contributed by atoms with Crippen LogP contribution in [0.3, 0.4) is 0 Å². The summed E-state index contributed by atoms with van der Waals surface area (Å²) >= 11 is 1.25. The zero-order valence-electron chi connectivity index (χ0n) is 17.9. The highest BCUT2D eigenvalue weighted by molar-refractivity contribution is 7.97. The van der Waals surface area contributed by atoms with Crippen molar-refractivity contribution >= 4 is 33.7 Å². The molecule has 0 aromatic heterocycles. The maximum absolute atomic E-state index is 12.1. The number of nitrogens with one attached hydrogen (secondary N) is 3. The average Bonchev–Trinajstić information content (AvgIpc) is 2.65. The van der Waals surface area contributed by atoms with Crippen molar-refractivity contribution in [1.29, 1.82) is 0 Å². The van der Waals surface area contributed by atoms with Gasteiger partial charge in [-0.1, -0.05) is 45.0 Å². The Labute approximate surface area is 183 Å². The summed E-state index contributed by atoms with van der Waals surface area (Å²) < 4.78 is 33.1. The third-order valence-corrected chi connectivity index (χ3v) is 5.67. The molecule has 0 spiro atoms. The number of urea groups is 1. The lowest BCUT2D eigenvalue weighted by molar-refractivity contribution is 0.246.